The van der Waals surface area contributed by atoms with E-state index in [1.807, 2.05) is 0 Å². The molecule has 0 spiro atoms. The van der Waals surface area contributed by atoms with Gasteiger partial charge in [-0.1, -0.05) is 26.7 Å². The van der Waals surface area contributed by atoms with E-state index in [4.69, 9.17) is 0 Å². The van der Waals surface area contributed by atoms with Crippen LogP contribution in [0.2, 0.25) is 0 Å². The fourth-order valence-electron chi connectivity index (χ4n) is 3.51. The molecule has 1 saturated heterocycles. The number of amides is 2. The van der Waals surface area contributed by atoms with Crippen molar-refractivity contribution in [2.75, 3.05) is 6.54 Å². The molecule has 0 aromatic heterocycles. The number of hydrogen-bond donors (Lipinski definition) is 2. The number of carboxylic acid groups (broad SMARTS) is 1. The number of urea groups is 1. The van der Waals surface area contributed by atoms with Crippen molar-refractivity contribution in [3.8, 4) is 0 Å². The minimum absolute atomic E-state index is 0.186. The highest BCUT2D eigenvalue weighted by molar-refractivity contribution is 5.83. The highest BCUT2D eigenvalue weighted by Crippen LogP contribution is 2.25. The first-order chi connectivity index (χ1) is 9.97. The molecule has 21 heavy (non-hydrogen) atoms. The number of aliphatic carboxylic acids is 1. The minimum atomic E-state index is -0.883. The van der Waals surface area contributed by atoms with Crippen LogP contribution >= 0.6 is 0 Å². The van der Waals surface area contributed by atoms with Gasteiger partial charge in [0.25, 0.3) is 0 Å². The quantitative estimate of drug-likeness (QED) is 0.770. The van der Waals surface area contributed by atoms with Crippen molar-refractivity contribution in [1.29, 1.82) is 0 Å². The Bertz CT molecular complexity index is 386. The van der Waals surface area contributed by atoms with Crippen molar-refractivity contribution in [1.82, 2.24) is 10.2 Å². The van der Waals surface area contributed by atoms with Gasteiger partial charge in [-0.3, -0.25) is 0 Å². The first-order valence-electron chi connectivity index (χ1n) is 8.27. The molecule has 120 valence electrons. The van der Waals surface area contributed by atoms with Crippen molar-refractivity contribution >= 4 is 12.0 Å². The van der Waals surface area contributed by atoms with Gasteiger partial charge in [-0.25, -0.2) is 9.59 Å². The summed E-state index contributed by atoms with van der Waals surface area (Å²) >= 11 is 0. The molecule has 2 amide bonds. The molecule has 2 aliphatic rings. The lowest BCUT2D eigenvalue weighted by atomic mass is 9.92. The van der Waals surface area contributed by atoms with Gasteiger partial charge in [-0.2, -0.15) is 0 Å². The molecule has 0 aromatic carbocycles. The Morgan fingerprint density at radius 3 is 2.52 bits per heavy atom. The molecule has 0 radical (unpaired) electrons. The van der Waals surface area contributed by atoms with Crippen LogP contribution in [0.4, 0.5) is 4.79 Å². The van der Waals surface area contributed by atoms with Crippen LogP contribution in [-0.4, -0.2) is 40.6 Å². The number of likely N-dealkylation sites (tertiary alicyclic amines) is 1. The molecule has 2 rings (SSSR count). The lowest BCUT2D eigenvalue weighted by Gasteiger charge is -2.36. The first kappa shape index (κ1) is 16.1. The number of carbonyl (C=O) groups excluding carboxylic acids is 1. The van der Waals surface area contributed by atoms with Gasteiger partial charge in [-0.15, -0.1) is 0 Å². The van der Waals surface area contributed by atoms with Crippen molar-refractivity contribution in [2.45, 2.75) is 70.9 Å². The van der Waals surface area contributed by atoms with Crippen LogP contribution in [-0.2, 0) is 4.79 Å². The third-order valence-corrected chi connectivity index (χ3v) is 5.00. The van der Waals surface area contributed by atoms with Crippen LogP contribution < -0.4 is 5.32 Å². The Morgan fingerprint density at radius 1 is 1.05 bits per heavy atom. The summed E-state index contributed by atoms with van der Waals surface area (Å²) in [6.07, 6.45) is 6.98. The summed E-state index contributed by atoms with van der Waals surface area (Å²) < 4.78 is 0. The van der Waals surface area contributed by atoms with E-state index in [1.54, 1.807) is 0 Å². The fraction of sp³-hybridized carbons (Fsp3) is 0.875. The second-order valence-electron chi connectivity index (χ2n) is 6.94. The van der Waals surface area contributed by atoms with Gasteiger partial charge in [0.2, 0.25) is 0 Å². The molecule has 5 heteroatoms. The molecule has 2 N–H and O–H groups in total. The Morgan fingerprint density at radius 2 is 1.81 bits per heavy atom. The monoisotopic (exact) mass is 296 g/mol. The lowest BCUT2D eigenvalue weighted by Crippen LogP contribution is -2.55. The standard InChI is InChI=1S/C16H28N2O3/c1-11-4-3-5-13(7-6-11)17-16(21)18-9-8-12(2)10-14(18)15(19)20/h11-14H,3-10H2,1-2H3,(H,17,21)(H,19,20). The molecule has 1 aliphatic heterocycles. The lowest BCUT2D eigenvalue weighted by molar-refractivity contribution is -0.143. The van der Waals surface area contributed by atoms with Gasteiger partial charge in [0.1, 0.15) is 6.04 Å². The predicted molar refractivity (Wildman–Crippen MR) is 81.1 cm³/mol. The van der Waals surface area contributed by atoms with Gasteiger partial charge in [-0.05, 0) is 43.9 Å². The van der Waals surface area contributed by atoms with E-state index in [1.165, 1.54) is 11.3 Å². The Kier molecular flexibility index (Phi) is 5.48. The number of nitrogens with zero attached hydrogens (tertiary/aromatic N) is 1. The zero-order chi connectivity index (χ0) is 15.4. The van der Waals surface area contributed by atoms with E-state index in [0.29, 0.717) is 18.9 Å². The second-order valence-corrected chi connectivity index (χ2v) is 6.94. The van der Waals surface area contributed by atoms with E-state index in [9.17, 15) is 14.7 Å². The average molecular weight is 296 g/mol. The number of hydrogen-bond acceptors (Lipinski definition) is 2. The maximum atomic E-state index is 12.4. The van der Waals surface area contributed by atoms with E-state index >= 15 is 0 Å². The highest BCUT2D eigenvalue weighted by Gasteiger charge is 2.35. The molecule has 0 bridgehead atoms. The van der Waals surface area contributed by atoms with Gasteiger partial charge in [0.15, 0.2) is 0 Å². The third-order valence-electron chi connectivity index (χ3n) is 5.00. The first-order valence-corrected chi connectivity index (χ1v) is 8.27. The van der Waals surface area contributed by atoms with Crippen molar-refractivity contribution in [3.63, 3.8) is 0 Å². The summed E-state index contributed by atoms with van der Waals surface area (Å²) in [5, 5.41) is 12.4. The van der Waals surface area contributed by atoms with Crippen LogP contribution in [0.1, 0.15) is 58.8 Å². The summed E-state index contributed by atoms with van der Waals surface area (Å²) in [5.74, 6) is 0.217. The summed E-state index contributed by atoms with van der Waals surface area (Å²) in [6, 6.07) is -0.649. The van der Waals surface area contributed by atoms with Gasteiger partial charge < -0.3 is 15.3 Å². The Hall–Kier alpha value is -1.26. The number of carbonyl (C=O) groups is 2. The van der Waals surface area contributed by atoms with Crippen molar-refractivity contribution in [2.24, 2.45) is 11.8 Å². The third kappa shape index (κ3) is 4.35. The molecule has 4 unspecified atom stereocenters. The van der Waals surface area contributed by atoms with Crippen LogP contribution in [0.5, 0.6) is 0 Å². The number of nitrogens with one attached hydrogen (secondary N) is 1. The van der Waals surface area contributed by atoms with Crippen LogP contribution in [0.25, 0.3) is 0 Å². The van der Waals surface area contributed by atoms with E-state index in [-0.39, 0.29) is 12.1 Å². The summed E-state index contributed by atoms with van der Waals surface area (Å²) in [5.41, 5.74) is 0. The van der Waals surface area contributed by atoms with Gasteiger partial charge >= 0.3 is 12.0 Å². The average Bonchev–Trinajstić information content (AvgIpc) is 2.63. The van der Waals surface area contributed by atoms with Crippen LogP contribution in [0, 0.1) is 11.8 Å². The molecule has 1 aliphatic carbocycles. The second kappa shape index (κ2) is 7.14. The normalized spacial score (nSPS) is 34.1. The molecule has 1 heterocycles. The SMILES string of the molecule is CC1CCCC(NC(=O)N2CCC(C)CC2C(=O)O)CC1. The van der Waals surface area contributed by atoms with Gasteiger partial charge in [0.05, 0.1) is 0 Å². The van der Waals surface area contributed by atoms with Crippen LogP contribution in [0.15, 0.2) is 0 Å². The summed E-state index contributed by atoms with van der Waals surface area (Å²) in [7, 11) is 0. The molecule has 4 atom stereocenters. The predicted octanol–water partition coefficient (Wildman–Crippen LogP) is 2.85. The van der Waals surface area contributed by atoms with Crippen molar-refractivity contribution in [3.05, 3.63) is 0 Å². The molecular weight excluding hydrogens is 268 g/mol. The topological polar surface area (TPSA) is 69.6 Å². The Balaban J connectivity index is 1.93. The minimum Gasteiger partial charge on any atom is -0.480 e. The summed E-state index contributed by atoms with van der Waals surface area (Å²) in [6.45, 7) is 4.86. The van der Waals surface area contributed by atoms with Crippen molar-refractivity contribution < 1.29 is 14.7 Å². The number of rotatable bonds is 2. The maximum Gasteiger partial charge on any atom is 0.326 e. The van der Waals surface area contributed by atoms with E-state index in [0.717, 1.165) is 38.0 Å². The largest absolute Gasteiger partial charge is 0.480 e. The van der Waals surface area contributed by atoms with Gasteiger partial charge in [0, 0.05) is 12.6 Å². The van der Waals surface area contributed by atoms with E-state index < -0.39 is 12.0 Å². The van der Waals surface area contributed by atoms with Crippen LogP contribution in [0.3, 0.4) is 0 Å². The van der Waals surface area contributed by atoms with E-state index in [2.05, 4.69) is 19.2 Å². The fourth-order valence-corrected chi connectivity index (χ4v) is 3.51. The zero-order valence-corrected chi connectivity index (χ0v) is 13.2. The Labute approximate surface area is 127 Å². The molecule has 1 saturated carbocycles. The summed E-state index contributed by atoms with van der Waals surface area (Å²) in [4.78, 5) is 25.3. The zero-order valence-electron chi connectivity index (χ0n) is 13.2. The highest BCUT2D eigenvalue weighted by atomic mass is 16.4. The molecular formula is C16H28N2O3. The number of carboxylic acids is 1. The molecule has 2 fully saturated rings. The number of piperidine rings is 1. The maximum absolute atomic E-state index is 12.4. The molecule has 0 aromatic rings. The molecule has 5 nitrogen and oxygen atoms in total. The smallest absolute Gasteiger partial charge is 0.326 e.